The SMILES string of the molecule is C[C@H](CC(=O)c1c(C(F)(F)F)nn2c1N(Cc1cccc(CN3CCn4nc(C(F)(F)F)c(C(=O)N[C@@H](C)c5ccc(C(=O)O)cc5)c43)c1)CC2)c1ccc(C(=O)O)cc1. The molecule has 2 aromatic heterocycles. The zero-order valence-corrected chi connectivity index (χ0v) is 32.0. The maximum atomic E-state index is 14.4. The number of rotatable bonds is 13. The van der Waals surface area contributed by atoms with E-state index in [1.165, 1.54) is 48.5 Å². The number of benzene rings is 3. The molecule has 13 nitrogen and oxygen atoms in total. The van der Waals surface area contributed by atoms with E-state index in [1.54, 1.807) is 47.9 Å². The van der Waals surface area contributed by atoms with Crippen LogP contribution in [0.2, 0.25) is 0 Å². The van der Waals surface area contributed by atoms with E-state index in [9.17, 15) is 55.7 Å². The highest BCUT2D eigenvalue weighted by atomic mass is 19.4. The van der Waals surface area contributed by atoms with E-state index >= 15 is 0 Å². The maximum Gasteiger partial charge on any atom is 0.436 e. The van der Waals surface area contributed by atoms with Crippen LogP contribution in [-0.2, 0) is 38.5 Å². The highest BCUT2D eigenvalue weighted by Gasteiger charge is 2.45. The lowest BCUT2D eigenvalue weighted by atomic mass is 9.92. The Morgan fingerprint density at radius 1 is 0.667 bits per heavy atom. The fourth-order valence-electron chi connectivity index (χ4n) is 7.66. The van der Waals surface area contributed by atoms with Gasteiger partial charge in [0.2, 0.25) is 0 Å². The average molecular weight is 838 g/mol. The van der Waals surface area contributed by atoms with Crippen LogP contribution in [-0.4, -0.2) is 66.5 Å². The molecule has 0 bridgehead atoms. The number of carboxylic acid groups (broad SMARTS) is 2. The standard InChI is InChI=1S/C41H37F6N7O6/c1-22(26-6-10-28(11-7-26)38(57)58)18-30(55)31-33(40(42,43)44)49-53-16-14-51(36(31)53)20-24-4-3-5-25(19-24)21-52-15-17-54-37(52)32(34(50-54)41(45,46)47)35(56)48-23(2)27-8-12-29(13-9-27)39(59)60/h3-13,19,22-23H,14-18,20-21H2,1-2H3,(H,48,56)(H,57,58)(H,59,60)/t22-,23+/m1/s1. The molecule has 2 aliphatic rings. The van der Waals surface area contributed by atoms with Crippen LogP contribution in [0.3, 0.4) is 0 Å². The molecule has 0 spiro atoms. The van der Waals surface area contributed by atoms with E-state index < -0.39 is 70.5 Å². The van der Waals surface area contributed by atoms with Gasteiger partial charge in [-0.25, -0.2) is 19.0 Å². The zero-order valence-electron chi connectivity index (χ0n) is 32.0. The quantitative estimate of drug-likeness (QED) is 0.0804. The summed E-state index contributed by atoms with van der Waals surface area (Å²) in [5.74, 6) is -4.70. The second-order valence-electron chi connectivity index (χ2n) is 14.8. The van der Waals surface area contributed by atoms with Gasteiger partial charge < -0.3 is 25.3 Å². The van der Waals surface area contributed by atoms with Crippen molar-refractivity contribution in [1.82, 2.24) is 24.9 Å². The van der Waals surface area contributed by atoms with Crippen molar-refractivity contribution in [3.05, 3.63) is 129 Å². The van der Waals surface area contributed by atoms with Crippen molar-refractivity contribution in [2.45, 2.75) is 70.8 Å². The van der Waals surface area contributed by atoms with Gasteiger partial charge in [0.1, 0.15) is 17.2 Å². The third-order valence-corrected chi connectivity index (χ3v) is 10.6. The average Bonchev–Trinajstić information content (AvgIpc) is 3.96. The molecule has 0 fully saturated rings. The van der Waals surface area contributed by atoms with Gasteiger partial charge in [-0.3, -0.25) is 9.59 Å². The Morgan fingerprint density at radius 2 is 1.12 bits per heavy atom. The lowest BCUT2D eigenvalue weighted by molar-refractivity contribution is -0.142. The van der Waals surface area contributed by atoms with Crippen molar-refractivity contribution in [2.75, 3.05) is 22.9 Å². The number of carbonyl (C=O) groups excluding carboxylic acids is 2. The predicted octanol–water partition coefficient (Wildman–Crippen LogP) is 7.42. The largest absolute Gasteiger partial charge is 0.478 e. The molecule has 0 saturated carbocycles. The number of halogens is 6. The Balaban J connectivity index is 1.11. The molecular weight excluding hydrogens is 800 g/mol. The minimum absolute atomic E-state index is 0.00117. The molecule has 0 saturated heterocycles. The minimum Gasteiger partial charge on any atom is -0.478 e. The van der Waals surface area contributed by atoms with Gasteiger partial charge in [0.15, 0.2) is 17.2 Å². The highest BCUT2D eigenvalue weighted by molar-refractivity contribution is 6.03. The van der Waals surface area contributed by atoms with Gasteiger partial charge in [-0.1, -0.05) is 55.5 Å². The van der Waals surface area contributed by atoms with Crippen LogP contribution in [0.5, 0.6) is 0 Å². The van der Waals surface area contributed by atoms with Crippen LogP contribution in [0.15, 0.2) is 72.8 Å². The molecule has 7 rings (SSSR count). The molecule has 3 N–H and O–H groups in total. The Morgan fingerprint density at radius 3 is 1.58 bits per heavy atom. The van der Waals surface area contributed by atoms with Gasteiger partial charge in [-0.2, -0.15) is 36.5 Å². The molecule has 60 heavy (non-hydrogen) atoms. The van der Waals surface area contributed by atoms with Crippen molar-refractivity contribution < 1.29 is 55.7 Å². The van der Waals surface area contributed by atoms with E-state index in [2.05, 4.69) is 15.5 Å². The van der Waals surface area contributed by atoms with E-state index in [1.807, 2.05) is 0 Å². The van der Waals surface area contributed by atoms with Gasteiger partial charge in [-0.15, -0.1) is 0 Å². The molecule has 5 aromatic rings. The van der Waals surface area contributed by atoms with Crippen LogP contribution in [0.4, 0.5) is 38.0 Å². The summed E-state index contributed by atoms with van der Waals surface area (Å²) in [6.07, 6.45) is -10.2. The second-order valence-corrected chi connectivity index (χ2v) is 14.8. The molecule has 314 valence electrons. The number of anilines is 2. The summed E-state index contributed by atoms with van der Waals surface area (Å²) < 4.78 is 88.3. The van der Waals surface area contributed by atoms with Crippen LogP contribution in [0.1, 0.15) is 107 Å². The maximum absolute atomic E-state index is 14.4. The number of carbonyl (C=O) groups is 4. The fourth-order valence-corrected chi connectivity index (χ4v) is 7.66. The molecule has 0 unspecified atom stereocenters. The first kappa shape index (κ1) is 41.5. The minimum atomic E-state index is -4.97. The highest BCUT2D eigenvalue weighted by Crippen LogP contribution is 2.41. The number of nitrogens with one attached hydrogen (secondary N) is 1. The van der Waals surface area contributed by atoms with Crippen molar-refractivity contribution >= 4 is 35.3 Å². The topological polar surface area (TPSA) is 163 Å². The number of amides is 1. The van der Waals surface area contributed by atoms with Gasteiger partial charge in [0.05, 0.1) is 35.8 Å². The normalized spacial score (nSPS) is 14.8. The number of carboxylic acids is 2. The van der Waals surface area contributed by atoms with Crippen molar-refractivity contribution in [3.8, 4) is 0 Å². The van der Waals surface area contributed by atoms with Gasteiger partial charge in [-0.05, 0) is 59.4 Å². The smallest absolute Gasteiger partial charge is 0.436 e. The van der Waals surface area contributed by atoms with Crippen LogP contribution >= 0.6 is 0 Å². The summed E-state index contributed by atoms with van der Waals surface area (Å²) in [4.78, 5) is 53.1. The number of hydrogen-bond donors (Lipinski definition) is 3. The first-order valence-electron chi connectivity index (χ1n) is 18.7. The second kappa shape index (κ2) is 15.8. The van der Waals surface area contributed by atoms with Crippen LogP contribution in [0.25, 0.3) is 0 Å². The van der Waals surface area contributed by atoms with Crippen LogP contribution in [0, 0.1) is 0 Å². The number of aromatic carboxylic acids is 2. The molecule has 19 heteroatoms. The van der Waals surface area contributed by atoms with Crippen molar-refractivity contribution in [1.29, 1.82) is 0 Å². The number of aromatic nitrogens is 4. The lowest BCUT2D eigenvalue weighted by Gasteiger charge is -2.22. The number of fused-ring (bicyclic) bond motifs is 2. The van der Waals surface area contributed by atoms with Gasteiger partial charge >= 0.3 is 24.3 Å². The number of nitrogens with zero attached hydrogens (tertiary/aromatic N) is 6. The molecule has 4 heterocycles. The van der Waals surface area contributed by atoms with E-state index in [4.69, 9.17) is 0 Å². The number of alkyl halides is 6. The first-order chi connectivity index (χ1) is 28.3. The van der Waals surface area contributed by atoms with E-state index in [0.29, 0.717) is 22.3 Å². The van der Waals surface area contributed by atoms with Gasteiger partial charge in [0.25, 0.3) is 5.91 Å². The fraction of sp³-hybridized carbons (Fsp3) is 0.317. The summed E-state index contributed by atoms with van der Waals surface area (Å²) in [6, 6.07) is 17.4. The predicted molar refractivity (Wildman–Crippen MR) is 203 cm³/mol. The summed E-state index contributed by atoms with van der Waals surface area (Å²) in [6.45, 7) is 3.92. The molecule has 3 aromatic carbocycles. The Hall–Kier alpha value is -6.66. The van der Waals surface area contributed by atoms with E-state index in [0.717, 1.165) is 9.36 Å². The summed E-state index contributed by atoms with van der Waals surface area (Å²) >= 11 is 0. The molecule has 0 aliphatic carbocycles. The lowest BCUT2D eigenvalue weighted by Crippen LogP contribution is -2.31. The van der Waals surface area contributed by atoms with E-state index in [-0.39, 0.29) is 68.5 Å². The number of Topliss-reactive ketones (excluding diaryl/α,β-unsaturated/α-hetero) is 1. The molecule has 0 radical (unpaired) electrons. The molecule has 2 atom stereocenters. The Labute approximate surface area is 337 Å². The summed E-state index contributed by atoms with van der Waals surface area (Å²) in [5, 5.41) is 28.5. The summed E-state index contributed by atoms with van der Waals surface area (Å²) in [7, 11) is 0. The summed E-state index contributed by atoms with van der Waals surface area (Å²) in [5.41, 5.74) is -1.58. The first-order valence-corrected chi connectivity index (χ1v) is 18.7. The Kier molecular flexibility index (Phi) is 11.0. The molecular formula is C41H37F6N7O6. The van der Waals surface area contributed by atoms with Crippen LogP contribution < -0.4 is 15.1 Å². The number of ketones is 1. The molecule has 1 amide bonds. The molecule has 2 aliphatic heterocycles. The monoisotopic (exact) mass is 837 g/mol. The number of hydrogen-bond acceptors (Lipinski definition) is 8. The Bertz CT molecular complexity index is 2310. The van der Waals surface area contributed by atoms with Gasteiger partial charge in [0, 0.05) is 32.6 Å². The third-order valence-electron chi connectivity index (χ3n) is 10.6. The zero-order chi connectivity index (χ0) is 43.3. The van der Waals surface area contributed by atoms with Crippen molar-refractivity contribution in [3.63, 3.8) is 0 Å². The third kappa shape index (κ3) is 8.28. The van der Waals surface area contributed by atoms with Crippen molar-refractivity contribution in [2.24, 2.45) is 0 Å².